The summed E-state index contributed by atoms with van der Waals surface area (Å²) in [5.41, 5.74) is 2.49. The first kappa shape index (κ1) is 20.2. The first-order valence-electron chi connectivity index (χ1n) is 9.43. The van der Waals surface area contributed by atoms with Crippen molar-refractivity contribution in [1.82, 2.24) is 14.9 Å². The van der Waals surface area contributed by atoms with Crippen LogP contribution in [0.4, 0.5) is 0 Å². The van der Waals surface area contributed by atoms with E-state index < -0.39 is 5.97 Å². The van der Waals surface area contributed by atoms with E-state index in [1.165, 1.54) is 17.0 Å². The van der Waals surface area contributed by atoms with Gasteiger partial charge in [0, 0.05) is 11.1 Å². The molecule has 0 unspecified atom stereocenters. The Hall–Kier alpha value is -4.04. The molecule has 0 aliphatic carbocycles. The van der Waals surface area contributed by atoms with Crippen molar-refractivity contribution in [1.29, 1.82) is 0 Å². The lowest BCUT2D eigenvalue weighted by molar-refractivity contribution is 0.0696. The van der Waals surface area contributed by atoms with Gasteiger partial charge in [0.25, 0.3) is 0 Å². The van der Waals surface area contributed by atoms with E-state index in [0.717, 1.165) is 16.9 Å². The molecule has 0 saturated carbocycles. The summed E-state index contributed by atoms with van der Waals surface area (Å²) in [6.07, 6.45) is 1.45. The summed E-state index contributed by atoms with van der Waals surface area (Å²) in [7, 11) is 0. The van der Waals surface area contributed by atoms with Gasteiger partial charge in [0.05, 0.1) is 11.8 Å². The van der Waals surface area contributed by atoms with E-state index in [2.05, 4.69) is 15.3 Å². The van der Waals surface area contributed by atoms with Crippen molar-refractivity contribution in [3.8, 4) is 17.1 Å². The Bertz CT molecular complexity index is 1280. The molecular weight excluding hydrogens is 412 g/mol. The molecule has 154 valence electrons. The van der Waals surface area contributed by atoms with Crippen LogP contribution in [0.1, 0.15) is 21.5 Å². The number of hydrogen-bond donors (Lipinski definition) is 2. The van der Waals surface area contributed by atoms with E-state index in [-0.39, 0.29) is 5.56 Å². The van der Waals surface area contributed by atoms with Gasteiger partial charge in [0.2, 0.25) is 4.77 Å². The summed E-state index contributed by atoms with van der Waals surface area (Å²) >= 11 is 5.28. The lowest BCUT2D eigenvalue weighted by Gasteiger charge is -2.07. The van der Waals surface area contributed by atoms with Crippen molar-refractivity contribution in [3.05, 3.63) is 100 Å². The van der Waals surface area contributed by atoms with E-state index in [1.807, 2.05) is 54.6 Å². The number of aromatic amines is 1. The van der Waals surface area contributed by atoms with E-state index in [0.29, 0.717) is 22.8 Å². The minimum absolute atomic E-state index is 0.155. The molecule has 0 aliphatic rings. The van der Waals surface area contributed by atoms with Gasteiger partial charge in [0.1, 0.15) is 12.4 Å². The Balaban J connectivity index is 1.55. The first-order valence-corrected chi connectivity index (χ1v) is 9.84. The summed E-state index contributed by atoms with van der Waals surface area (Å²) in [5.74, 6) is 0.208. The average Bonchev–Trinajstić information content (AvgIpc) is 3.17. The highest BCUT2D eigenvalue weighted by Gasteiger charge is 2.10. The second kappa shape index (κ2) is 9.19. The zero-order chi connectivity index (χ0) is 21.6. The number of benzene rings is 3. The predicted octanol–water partition coefficient (Wildman–Crippen LogP) is 4.77. The fourth-order valence-electron chi connectivity index (χ4n) is 2.95. The van der Waals surface area contributed by atoms with Gasteiger partial charge in [-0.05, 0) is 48.1 Å². The lowest BCUT2D eigenvalue weighted by atomic mass is 10.1. The maximum Gasteiger partial charge on any atom is 0.336 e. The maximum atomic E-state index is 11.4. The van der Waals surface area contributed by atoms with Crippen LogP contribution in [0, 0.1) is 4.77 Å². The Morgan fingerprint density at radius 1 is 1.06 bits per heavy atom. The average molecular weight is 430 g/mol. The smallest absolute Gasteiger partial charge is 0.336 e. The highest BCUT2D eigenvalue weighted by atomic mass is 32.1. The van der Waals surface area contributed by atoms with Gasteiger partial charge in [-0.25, -0.2) is 9.89 Å². The van der Waals surface area contributed by atoms with E-state index >= 15 is 0 Å². The van der Waals surface area contributed by atoms with Crippen LogP contribution in [0.25, 0.3) is 11.4 Å². The van der Waals surface area contributed by atoms with Crippen molar-refractivity contribution >= 4 is 24.4 Å². The summed E-state index contributed by atoms with van der Waals surface area (Å²) in [6, 6.07) is 24.0. The van der Waals surface area contributed by atoms with Gasteiger partial charge in [-0.3, -0.25) is 0 Å². The zero-order valence-corrected chi connectivity index (χ0v) is 17.1. The van der Waals surface area contributed by atoms with Gasteiger partial charge in [-0.2, -0.15) is 14.9 Å². The number of H-pyrrole nitrogens is 1. The van der Waals surface area contributed by atoms with E-state index in [4.69, 9.17) is 17.0 Å². The molecule has 0 atom stereocenters. The molecule has 31 heavy (non-hydrogen) atoms. The van der Waals surface area contributed by atoms with Gasteiger partial charge < -0.3 is 9.84 Å². The van der Waals surface area contributed by atoms with Crippen LogP contribution in [0.3, 0.4) is 0 Å². The highest BCUT2D eigenvalue weighted by Crippen LogP contribution is 2.22. The topological polar surface area (TPSA) is 92.5 Å². The number of carboxylic acids is 1. The molecule has 4 aromatic rings. The molecule has 1 heterocycles. The quantitative estimate of drug-likeness (QED) is 0.326. The maximum absolute atomic E-state index is 11.4. The number of carboxylic acid groups (broad SMARTS) is 1. The number of aromatic nitrogens is 3. The van der Waals surface area contributed by atoms with Gasteiger partial charge in [-0.15, -0.1) is 0 Å². The molecule has 0 amide bonds. The van der Waals surface area contributed by atoms with Crippen molar-refractivity contribution < 1.29 is 14.6 Å². The largest absolute Gasteiger partial charge is 0.489 e. The standard InChI is InChI=1S/C23H18N4O3S/c28-22(29)20-9-5-4-8-18(20)14-24-27-21(25-26-23(27)31)17-10-12-19(13-11-17)30-15-16-6-2-1-3-7-16/h1-14H,15H2,(H,26,31)(H,28,29)/b24-14+. The Morgan fingerprint density at radius 2 is 1.77 bits per heavy atom. The third-order valence-corrected chi connectivity index (χ3v) is 4.78. The van der Waals surface area contributed by atoms with Crippen molar-refractivity contribution in [2.75, 3.05) is 0 Å². The fraction of sp³-hybridized carbons (Fsp3) is 0.0435. The monoisotopic (exact) mass is 430 g/mol. The molecule has 7 nitrogen and oxygen atoms in total. The number of nitrogens with one attached hydrogen (secondary N) is 1. The Morgan fingerprint density at radius 3 is 2.52 bits per heavy atom. The van der Waals surface area contributed by atoms with Crippen LogP contribution in [-0.2, 0) is 6.61 Å². The minimum Gasteiger partial charge on any atom is -0.489 e. The summed E-state index contributed by atoms with van der Waals surface area (Å²) in [4.78, 5) is 11.4. The second-order valence-corrected chi connectivity index (χ2v) is 6.99. The first-order chi connectivity index (χ1) is 15.1. The third kappa shape index (κ3) is 4.76. The molecule has 0 fully saturated rings. The molecule has 2 N–H and O–H groups in total. The van der Waals surface area contributed by atoms with Gasteiger partial charge in [-0.1, -0.05) is 48.5 Å². The van der Waals surface area contributed by atoms with Crippen molar-refractivity contribution in [2.45, 2.75) is 6.61 Å². The van der Waals surface area contributed by atoms with Crippen LogP contribution in [0.5, 0.6) is 5.75 Å². The minimum atomic E-state index is -1.02. The second-order valence-electron chi connectivity index (χ2n) is 6.60. The molecule has 0 spiro atoms. The molecule has 3 aromatic carbocycles. The summed E-state index contributed by atoms with van der Waals surface area (Å²) in [6.45, 7) is 0.478. The van der Waals surface area contributed by atoms with Crippen LogP contribution in [0.15, 0.2) is 84.0 Å². The number of nitrogens with zero attached hydrogens (tertiary/aromatic N) is 3. The third-order valence-electron chi connectivity index (χ3n) is 4.51. The highest BCUT2D eigenvalue weighted by molar-refractivity contribution is 7.71. The number of ether oxygens (including phenoxy) is 1. The lowest BCUT2D eigenvalue weighted by Crippen LogP contribution is -2.02. The Labute approximate surface area is 183 Å². The Kier molecular flexibility index (Phi) is 6.00. The van der Waals surface area contributed by atoms with E-state index in [9.17, 15) is 9.90 Å². The van der Waals surface area contributed by atoms with Crippen LogP contribution in [0.2, 0.25) is 0 Å². The number of aromatic carboxylic acids is 1. The van der Waals surface area contributed by atoms with Gasteiger partial charge in [0.15, 0.2) is 5.82 Å². The number of carbonyl (C=O) groups is 1. The molecule has 0 aliphatic heterocycles. The van der Waals surface area contributed by atoms with Crippen molar-refractivity contribution in [3.63, 3.8) is 0 Å². The van der Waals surface area contributed by atoms with Crippen LogP contribution >= 0.6 is 12.2 Å². The molecule has 0 saturated heterocycles. The van der Waals surface area contributed by atoms with Crippen LogP contribution < -0.4 is 4.74 Å². The van der Waals surface area contributed by atoms with Crippen molar-refractivity contribution in [2.24, 2.45) is 5.10 Å². The summed E-state index contributed by atoms with van der Waals surface area (Å²) < 4.78 is 7.57. The van der Waals surface area contributed by atoms with Crippen LogP contribution in [-0.4, -0.2) is 32.2 Å². The summed E-state index contributed by atoms with van der Waals surface area (Å²) in [5, 5.41) is 20.7. The van der Waals surface area contributed by atoms with E-state index in [1.54, 1.807) is 18.2 Å². The number of rotatable bonds is 7. The molecule has 8 heteroatoms. The molecular formula is C23H18N4O3S. The number of hydrogen-bond acceptors (Lipinski definition) is 5. The molecule has 0 bridgehead atoms. The SMILES string of the molecule is O=C(O)c1ccccc1/C=N/n1c(-c2ccc(OCc3ccccc3)cc2)n[nH]c1=S. The van der Waals surface area contributed by atoms with Gasteiger partial charge >= 0.3 is 5.97 Å². The molecule has 4 rings (SSSR count). The fourth-order valence-corrected chi connectivity index (χ4v) is 3.13. The predicted molar refractivity (Wildman–Crippen MR) is 120 cm³/mol. The molecule has 1 aromatic heterocycles. The zero-order valence-electron chi connectivity index (χ0n) is 16.3. The normalized spacial score (nSPS) is 11.0. The molecule has 0 radical (unpaired) electrons.